The van der Waals surface area contributed by atoms with Crippen molar-refractivity contribution in [3.05, 3.63) is 29.3 Å². The highest BCUT2D eigenvalue weighted by Gasteiger charge is 2.34. The molecule has 4 unspecified atom stereocenters. The maximum atomic E-state index is 6.16. The molecule has 2 heterocycles. The molecule has 2 N–H and O–H groups in total. The minimum absolute atomic E-state index is 0.253. The van der Waals surface area contributed by atoms with E-state index >= 15 is 0 Å². The first-order valence-electron chi connectivity index (χ1n) is 10.7. The van der Waals surface area contributed by atoms with Crippen molar-refractivity contribution in [2.75, 3.05) is 33.0 Å². The summed E-state index contributed by atoms with van der Waals surface area (Å²) in [6.07, 6.45) is 6.35. The molecule has 5 nitrogen and oxygen atoms in total. The Hall–Kier alpha value is -1.14. The first-order chi connectivity index (χ1) is 13.3. The Morgan fingerprint density at radius 2 is 2.15 bits per heavy atom. The SMILES string of the molecule is Cc1ccc(CNC2CCCC2C2COCCN2)c(OCC2CCCO2)c1. The molecule has 5 heteroatoms. The largest absolute Gasteiger partial charge is 0.491 e. The van der Waals surface area contributed by atoms with Crippen molar-refractivity contribution in [2.24, 2.45) is 5.92 Å². The lowest BCUT2D eigenvalue weighted by atomic mass is 9.94. The molecule has 0 amide bonds. The second-order valence-electron chi connectivity index (χ2n) is 8.27. The van der Waals surface area contributed by atoms with Gasteiger partial charge in [-0.25, -0.2) is 0 Å². The van der Waals surface area contributed by atoms with Crippen LogP contribution in [0.5, 0.6) is 5.75 Å². The van der Waals surface area contributed by atoms with Gasteiger partial charge in [-0.3, -0.25) is 0 Å². The fourth-order valence-electron chi connectivity index (χ4n) is 4.73. The lowest BCUT2D eigenvalue weighted by molar-refractivity contribution is 0.0523. The van der Waals surface area contributed by atoms with Gasteiger partial charge in [-0.2, -0.15) is 0 Å². The van der Waals surface area contributed by atoms with Crippen molar-refractivity contribution in [3.63, 3.8) is 0 Å². The molecule has 1 aromatic carbocycles. The number of hydrogen-bond donors (Lipinski definition) is 2. The van der Waals surface area contributed by atoms with Gasteiger partial charge < -0.3 is 24.8 Å². The Kier molecular flexibility index (Phi) is 6.66. The number of hydrogen-bond acceptors (Lipinski definition) is 5. The maximum absolute atomic E-state index is 6.16. The molecule has 1 aliphatic carbocycles. The highest BCUT2D eigenvalue weighted by atomic mass is 16.5. The van der Waals surface area contributed by atoms with Gasteiger partial charge in [0.15, 0.2) is 0 Å². The third-order valence-electron chi connectivity index (χ3n) is 6.26. The van der Waals surface area contributed by atoms with E-state index in [0.29, 0.717) is 24.6 Å². The van der Waals surface area contributed by atoms with Crippen molar-refractivity contribution >= 4 is 0 Å². The second-order valence-corrected chi connectivity index (χ2v) is 8.27. The molecular weight excluding hydrogens is 340 g/mol. The van der Waals surface area contributed by atoms with Crippen LogP contribution < -0.4 is 15.4 Å². The zero-order valence-corrected chi connectivity index (χ0v) is 16.5. The number of ether oxygens (including phenoxy) is 3. The van der Waals surface area contributed by atoms with E-state index in [-0.39, 0.29) is 6.10 Å². The van der Waals surface area contributed by atoms with Crippen molar-refractivity contribution < 1.29 is 14.2 Å². The van der Waals surface area contributed by atoms with Crippen molar-refractivity contribution in [2.45, 2.75) is 63.8 Å². The Bertz CT molecular complexity index is 597. The summed E-state index contributed by atoms with van der Waals surface area (Å²) in [6.45, 7) is 7.18. The molecule has 150 valence electrons. The molecule has 0 spiro atoms. The third kappa shape index (κ3) is 5.02. The average Bonchev–Trinajstić information content (AvgIpc) is 3.38. The lowest BCUT2D eigenvalue weighted by Crippen LogP contribution is -2.50. The van der Waals surface area contributed by atoms with Crippen LogP contribution in [-0.4, -0.2) is 51.2 Å². The molecule has 1 aromatic rings. The van der Waals surface area contributed by atoms with Gasteiger partial charge in [-0.1, -0.05) is 18.6 Å². The smallest absolute Gasteiger partial charge is 0.124 e. The molecule has 2 aliphatic heterocycles. The van der Waals surface area contributed by atoms with E-state index in [1.165, 1.54) is 30.4 Å². The number of benzene rings is 1. The zero-order chi connectivity index (χ0) is 18.5. The highest BCUT2D eigenvalue weighted by Crippen LogP contribution is 2.30. The van der Waals surface area contributed by atoms with Crippen LogP contribution in [0.1, 0.15) is 43.2 Å². The highest BCUT2D eigenvalue weighted by molar-refractivity contribution is 5.37. The van der Waals surface area contributed by atoms with Crippen LogP contribution in [0.2, 0.25) is 0 Å². The van der Waals surface area contributed by atoms with Gasteiger partial charge in [-0.05, 0) is 50.2 Å². The van der Waals surface area contributed by atoms with E-state index in [9.17, 15) is 0 Å². The Morgan fingerprint density at radius 1 is 1.19 bits per heavy atom. The van der Waals surface area contributed by atoms with E-state index < -0.39 is 0 Å². The van der Waals surface area contributed by atoms with Gasteiger partial charge in [-0.15, -0.1) is 0 Å². The Labute approximate surface area is 163 Å². The van der Waals surface area contributed by atoms with Crippen molar-refractivity contribution in [1.29, 1.82) is 0 Å². The van der Waals surface area contributed by atoms with Crippen LogP contribution in [0.4, 0.5) is 0 Å². The summed E-state index contributed by atoms with van der Waals surface area (Å²) in [6, 6.07) is 7.59. The molecule has 1 saturated carbocycles. The number of rotatable bonds is 7. The summed E-state index contributed by atoms with van der Waals surface area (Å²) < 4.78 is 17.6. The first-order valence-corrected chi connectivity index (χ1v) is 10.7. The second kappa shape index (κ2) is 9.37. The van der Waals surface area contributed by atoms with Crippen LogP contribution in [-0.2, 0) is 16.0 Å². The van der Waals surface area contributed by atoms with Gasteiger partial charge >= 0.3 is 0 Å². The van der Waals surface area contributed by atoms with Gasteiger partial charge in [0.2, 0.25) is 0 Å². The van der Waals surface area contributed by atoms with Gasteiger partial charge in [0.05, 0.1) is 19.3 Å². The van der Waals surface area contributed by atoms with Crippen LogP contribution in [0.3, 0.4) is 0 Å². The van der Waals surface area contributed by atoms with Crippen LogP contribution in [0.15, 0.2) is 18.2 Å². The summed E-state index contributed by atoms with van der Waals surface area (Å²) in [5, 5.41) is 7.48. The third-order valence-corrected chi connectivity index (χ3v) is 6.26. The van der Waals surface area contributed by atoms with Crippen LogP contribution >= 0.6 is 0 Å². The van der Waals surface area contributed by atoms with E-state index in [1.54, 1.807) is 0 Å². The van der Waals surface area contributed by atoms with Crippen LogP contribution in [0.25, 0.3) is 0 Å². The summed E-state index contributed by atoms with van der Waals surface area (Å²) in [4.78, 5) is 0. The summed E-state index contributed by atoms with van der Waals surface area (Å²) >= 11 is 0. The van der Waals surface area contributed by atoms with E-state index in [0.717, 1.165) is 51.5 Å². The maximum Gasteiger partial charge on any atom is 0.124 e. The number of nitrogens with one attached hydrogen (secondary N) is 2. The van der Waals surface area contributed by atoms with Crippen molar-refractivity contribution in [1.82, 2.24) is 10.6 Å². The molecule has 3 fully saturated rings. The summed E-state index contributed by atoms with van der Waals surface area (Å²) in [5.41, 5.74) is 2.49. The molecular formula is C22H34N2O3. The predicted molar refractivity (Wildman–Crippen MR) is 106 cm³/mol. The van der Waals surface area contributed by atoms with Gasteiger partial charge in [0.25, 0.3) is 0 Å². The van der Waals surface area contributed by atoms with Crippen LogP contribution in [0, 0.1) is 12.8 Å². The minimum atomic E-state index is 0.253. The summed E-state index contributed by atoms with van der Waals surface area (Å²) in [7, 11) is 0. The lowest BCUT2D eigenvalue weighted by Gasteiger charge is -2.33. The molecule has 4 atom stereocenters. The molecule has 0 bridgehead atoms. The first kappa shape index (κ1) is 19.2. The van der Waals surface area contributed by atoms with E-state index in [4.69, 9.17) is 14.2 Å². The molecule has 4 rings (SSSR count). The minimum Gasteiger partial charge on any atom is -0.491 e. The average molecular weight is 375 g/mol. The molecule has 0 aromatic heterocycles. The van der Waals surface area contributed by atoms with E-state index in [2.05, 4.69) is 35.8 Å². The molecule has 2 saturated heterocycles. The molecule has 3 aliphatic rings. The normalized spacial score (nSPS) is 31.3. The van der Waals surface area contributed by atoms with Gasteiger partial charge in [0.1, 0.15) is 12.4 Å². The standard InChI is InChI=1S/C22H34N2O3/c1-16-7-8-17(22(12-16)27-14-18-4-3-10-26-18)13-24-20-6-2-5-19(20)21-15-25-11-9-23-21/h7-8,12,18-21,23-24H,2-6,9-11,13-15H2,1H3. The van der Waals surface area contributed by atoms with E-state index in [1.807, 2.05) is 0 Å². The fourth-order valence-corrected chi connectivity index (χ4v) is 4.73. The van der Waals surface area contributed by atoms with Crippen molar-refractivity contribution in [3.8, 4) is 5.75 Å². The quantitative estimate of drug-likeness (QED) is 0.769. The molecule has 0 radical (unpaired) electrons. The zero-order valence-electron chi connectivity index (χ0n) is 16.5. The fraction of sp³-hybridized carbons (Fsp3) is 0.727. The number of morpholine rings is 1. The summed E-state index contributed by atoms with van der Waals surface area (Å²) in [5.74, 6) is 1.67. The number of aryl methyl sites for hydroxylation is 1. The molecule has 27 heavy (non-hydrogen) atoms. The monoisotopic (exact) mass is 374 g/mol. The Morgan fingerprint density at radius 3 is 2.96 bits per heavy atom. The van der Waals surface area contributed by atoms with Gasteiger partial charge in [0, 0.05) is 37.3 Å². The topological polar surface area (TPSA) is 51.8 Å². The predicted octanol–water partition coefficient (Wildman–Crippen LogP) is 2.80. The Balaban J connectivity index is 1.35.